The number of hydrogen-bond donors (Lipinski definition) is 0. The van der Waals surface area contributed by atoms with E-state index >= 15 is 0 Å². The van der Waals surface area contributed by atoms with Crippen molar-refractivity contribution in [3.63, 3.8) is 0 Å². The third-order valence-electron chi connectivity index (χ3n) is 28.7. The van der Waals surface area contributed by atoms with Crippen molar-refractivity contribution in [2.45, 2.75) is 145 Å². The van der Waals surface area contributed by atoms with E-state index in [0.29, 0.717) is 32.5 Å². The first-order valence-corrected chi connectivity index (χ1v) is 43.1. The van der Waals surface area contributed by atoms with Gasteiger partial charge in [0, 0.05) is 136 Å². The fraction of sp³-hybridized carbons (Fsp3) is 0.582. The van der Waals surface area contributed by atoms with Crippen molar-refractivity contribution >= 4 is 78.4 Å². The number of para-hydroxylation sites is 1. The maximum atomic E-state index is 13.7. The molecule has 12 unspecified atom stereocenters. The van der Waals surface area contributed by atoms with Crippen LogP contribution in [0.15, 0.2) is 148 Å². The van der Waals surface area contributed by atoms with Crippen molar-refractivity contribution in [1.82, 2.24) is 0 Å². The van der Waals surface area contributed by atoms with Crippen molar-refractivity contribution in [2.24, 2.45) is 144 Å². The molecule has 12 heteroatoms. The standard InChI is InChI=1S/C17H22N2.C17H21NO.C17H21NS.2C16H22FN.C15H20FN/c1-17(2,3)16-13-9-19(10-14(13)16)12-5-4-11-6-7-18-15(11)8-12;2*1-17(2,3)16-13-9-18(10-14(13)16)12-5-4-11-6-7-19-15(11)8-12;2*1-10-5-11(17)7-12(6-10)18-8-13-14(9-18)15(13)16(2,3)4;1-15(2,3)14-10-8-17(9-11(10)14)13-7-5-4-6-12(13)16/h4-5,7-8,13-14,16H,6,9-10H2,1-3H3;2*4-8,13-14,16H,9-10H2,1-3H3;2*5-7,13-15H,8-9H2,1-4H3;4-7,10-11,14H,8-9H2,1-3H3. The second kappa shape index (κ2) is 28.3. The lowest BCUT2D eigenvalue weighted by Crippen LogP contribution is -2.28. The number of furan rings is 1. The van der Waals surface area contributed by atoms with Crippen LogP contribution in [0.4, 0.5) is 53.0 Å². The number of fused-ring (bicyclic) bond motifs is 9. The second-order valence-electron chi connectivity index (χ2n) is 42.8. The topological polar surface area (TPSA) is 44.9 Å². The van der Waals surface area contributed by atoms with Gasteiger partial charge in [-0.25, -0.2) is 13.2 Å². The maximum Gasteiger partial charge on any atom is 0.146 e. The summed E-state index contributed by atoms with van der Waals surface area (Å²) in [5.74, 6) is 15.5. The van der Waals surface area contributed by atoms with Crippen LogP contribution in [0.5, 0.6) is 0 Å². The number of nitrogens with zero attached hydrogens (tertiary/aromatic N) is 7. The minimum atomic E-state index is -0.113. The Balaban J connectivity index is 0.000000100. The van der Waals surface area contributed by atoms with Gasteiger partial charge >= 0.3 is 0 Å². The second-order valence-corrected chi connectivity index (χ2v) is 43.7. The van der Waals surface area contributed by atoms with Gasteiger partial charge < -0.3 is 33.8 Å². The van der Waals surface area contributed by atoms with Crippen LogP contribution < -0.4 is 29.4 Å². The van der Waals surface area contributed by atoms with Gasteiger partial charge in [0.15, 0.2) is 0 Å². The molecule has 6 aromatic carbocycles. The highest BCUT2D eigenvalue weighted by atomic mass is 32.1. The van der Waals surface area contributed by atoms with Crippen LogP contribution in [0.1, 0.15) is 141 Å². The fourth-order valence-electron chi connectivity index (χ4n) is 24.2. The highest BCUT2D eigenvalue weighted by molar-refractivity contribution is 7.17. The minimum Gasteiger partial charge on any atom is -0.464 e. The quantitative estimate of drug-likeness (QED) is 0.164. The Bertz CT molecular complexity index is 4390. The summed E-state index contributed by atoms with van der Waals surface area (Å²) < 4.78 is 47.5. The normalized spacial score (nSPS) is 30.6. The first-order valence-electron chi connectivity index (χ1n) is 42.2. The first kappa shape index (κ1) is 77.0. The van der Waals surface area contributed by atoms with E-state index in [0.717, 1.165) is 186 Å². The molecule has 2 aromatic heterocycles. The molecule has 0 spiro atoms. The predicted octanol–water partition coefficient (Wildman–Crippen LogP) is 23.7. The van der Waals surface area contributed by atoms with Gasteiger partial charge in [0.05, 0.1) is 17.6 Å². The Morgan fingerprint density at radius 3 is 1.10 bits per heavy atom. The molecule has 588 valence electrons. The summed E-state index contributed by atoms with van der Waals surface area (Å²) in [7, 11) is 0. The van der Waals surface area contributed by atoms with Gasteiger partial charge in [0.2, 0.25) is 0 Å². The number of hydrogen-bond acceptors (Lipinski definition) is 9. The molecule has 8 nitrogen and oxygen atoms in total. The zero-order valence-corrected chi connectivity index (χ0v) is 70.8. The highest BCUT2D eigenvalue weighted by Crippen LogP contribution is 2.65. The Labute approximate surface area is 662 Å². The lowest BCUT2D eigenvalue weighted by Gasteiger charge is -2.27. The van der Waals surface area contributed by atoms with Gasteiger partial charge in [-0.05, 0) is 277 Å². The number of halogens is 3. The molecule has 9 heterocycles. The fourth-order valence-corrected chi connectivity index (χ4v) is 25.0. The van der Waals surface area contributed by atoms with Crippen LogP contribution in [0.25, 0.3) is 21.1 Å². The third-order valence-corrected chi connectivity index (χ3v) is 29.6. The third kappa shape index (κ3) is 15.8. The van der Waals surface area contributed by atoms with E-state index in [2.05, 4.69) is 237 Å². The zero-order chi connectivity index (χ0) is 78.0. The van der Waals surface area contributed by atoms with Gasteiger partial charge in [-0.1, -0.05) is 149 Å². The predicted molar refractivity (Wildman–Crippen MR) is 458 cm³/mol. The molecule has 7 aliphatic heterocycles. The molecule has 0 bridgehead atoms. The van der Waals surface area contributed by atoms with E-state index in [9.17, 15) is 13.2 Å². The number of piperidine rings is 6. The molecule has 0 amide bonds. The Hall–Kier alpha value is -6.92. The van der Waals surface area contributed by atoms with E-state index < -0.39 is 0 Å². The molecule has 12 atom stereocenters. The lowest BCUT2D eigenvalue weighted by atomic mass is 9.87. The Morgan fingerprint density at radius 2 is 0.709 bits per heavy atom. The SMILES string of the molecule is CC(C)(C)C1C2CN(c3ccc4c(c3)N=CC4)CC21.CC(C)(C)C1C2CN(c3ccc4ccoc4c3)CC21.CC(C)(C)C1C2CN(c3ccc4ccsc4c3)CC21.CC(C)(C)C1C2CN(c3ccccc3F)CC21.Cc1cc(F)cc(N2CC3C(C2)C3C(C)(C)C)c1.Cc1cc(F)cc(N2CC3C(C2)C3C(C)(C)C)c1. The van der Waals surface area contributed by atoms with Crippen molar-refractivity contribution in [3.8, 4) is 0 Å². The van der Waals surface area contributed by atoms with Crippen LogP contribution >= 0.6 is 11.3 Å². The zero-order valence-electron chi connectivity index (χ0n) is 70.0. The van der Waals surface area contributed by atoms with Gasteiger partial charge in [0.25, 0.3) is 0 Å². The van der Waals surface area contributed by atoms with Gasteiger partial charge in [-0.15, -0.1) is 11.3 Å². The average Bonchev–Trinajstić information content (AvgIpc) is 1.59. The molecule has 8 aromatic rings. The van der Waals surface area contributed by atoms with Crippen LogP contribution in [0, 0.1) is 170 Å². The summed E-state index contributed by atoms with van der Waals surface area (Å²) in [6.07, 6.45) is 4.80. The van der Waals surface area contributed by atoms with Crippen molar-refractivity contribution in [1.29, 1.82) is 0 Å². The van der Waals surface area contributed by atoms with Gasteiger partial charge in [-0.3, -0.25) is 4.99 Å². The van der Waals surface area contributed by atoms with E-state index in [1.807, 2.05) is 49.6 Å². The minimum absolute atomic E-state index is 0.0823. The molecular formula is C98H128F3N7OS. The first-order chi connectivity index (χ1) is 51.8. The van der Waals surface area contributed by atoms with Crippen LogP contribution in [0.2, 0.25) is 0 Å². The van der Waals surface area contributed by atoms with E-state index in [1.165, 1.54) is 83.1 Å². The number of aliphatic imine (C=N–C) groups is 1. The summed E-state index contributed by atoms with van der Waals surface area (Å²) in [4.78, 5) is 19.1. The number of thiophene rings is 1. The molecule has 12 fully saturated rings. The van der Waals surface area contributed by atoms with E-state index in [1.54, 1.807) is 42.7 Å². The van der Waals surface area contributed by atoms with Crippen LogP contribution in [-0.4, -0.2) is 84.8 Å². The monoisotopic (exact) mass is 1510 g/mol. The molecule has 21 rings (SSSR count). The van der Waals surface area contributed by atoms with Crippen molar-refractivity contribution in [3.05, 3.63) is 173 Å². The van der Waals surface area contributed by atoms with Gasteiger partial charge in [-0.2, -0.15) is 0 Å². The molecule has 6 saturated carbocycles. The molecule has 6 saturated heterocycles. The number of anilines is 6. The Kier molecular flexibility index (Phi) is 19.8. The molecule has 0 radical (unpaired) electrons. The van der Waals surface area contributed by atoms with Crippen molar-refractivity contribution < 1.29 is 17.6 Å². The summed E-state index contributed by atoms with van der Waals surface area (Å²) in [6.45, 7) is 60.4. The Morgan fingerprint density at radius 1 is 0.355 bits per heavy atom. The summed E-state index contributed by atoms with van der Waals surface area (Å²) >= 11 is 1.85. The molecule has 110 heavy (non-hydrogen) atoms. The average molecular weight is 1510 g/mol. The van der Waals surface area contributed by atoms with Crippen molar-refractivity contribution in [2.75, 3.05) is 108 Å². The molecular weight excluding hydrogens is 1380 g/mol. The number of benzene rings is 6. The largest absolute Gasteiger partial charge is 0.464 e. The summed E-state index contributed by atoms with van der Waals surface area (Å²) in [5.41, 5.74) is 15.4. The lowest BCUT2D eigenvalue weighted by molar-refractivity contribution is 0.308. The van der Waals surface area contributed by atoms with Crippen LogP contribution in [0.3, 0.4) is 0 Å². The van der Waals surface area contributed by atoms with E-state index in [4.69, 9.17) is 4.42 Å². The summed E-state index contributed by atoms with van der Waals surface area (Å²) in [5, 5.41) is 4.76. The van der Waals surface area contributed by atoms with Gasteiger partial charge in [0.1, 0.15) is 23.0 Å². The summed E-state index contributed by atoms with van der Waals surface area (Å²) in [6, 6.07) is 42.4. The smallest absolute Gasteiger partial charge is 0.146 e. The van der Waals surface area contributed by atoms with Crippen LogP contribution in [-0.2, 0) is 6.42 Å². The number of rotatable bonds is 6. The molecule has 0 N–H and O–H groups in total. The molecule has 13 aliphatic rings. The molecule has 6 aliphatic carbocycles. The highest BCUT2D eigenvalue weighted by Gasteiger charge is 2.64. The maximum absolute atomic E-state index is 13.7. The number of aryl methyl sites for hydroxylation is 2. The van der Waals surface area contributed by atoms with E-state index in [-0.39, 0.29) is 17.5 Å².